The summed E-state index contributed by atoms with van der Waals surface area (Å²) in [6.45, 7) is 6.63. The number of nitrogens with one attached hydrogen (secondary N) is 1. The number of rotatable bonds is 10. The van der Waals surface area contributed by atoms with Gasteiger partial charge in [0.1, 0.15) is 5.75 Å². The Hall–Kier alpha value is -3.32. The van der Waals surface area contributed by atoms with Gasteiger partial charge >= 0.3 is 0 Å². The van der Waals surface area contributed by atoms with Crippen molar-refractivity contribution in [2.75, 3.05) is 17.1 Å². The summed E-state index contributed by atoms with van der Waals surface area (Å²) in [6, 6.07) is 24.0. The zero-order valence-electron chi connectivity index (χ0n) is 20.1. The lowest BCUT2D eigenvalue weighted by Crippen LogP contribution is -2.29. The normalized spacial score (nSPS) is 12.3. The van der Waals surface area contributed by atoms with Gasteiger partial charge in [-0.15, -0.1) is 0 Å². The van der Waals surface area contributed by atoms with E-state index in [2.05, 4.69) is 12.2 Å². The third kappa shape index (κ3) is 7.09. The number of anilines is 1. The van der Waals surface area contributed by atoms with Gasteiger partial charge in [0, 0.05) is 12.1 Å². The zero-order valence-corrected chi connectivity index (χ0v) is 20.9. The molecule has 0 aromatic heterocycles. The summed E-state index contributed by atoms with van der Waals surface area (Å²) in [4.78, 5) is 12.6. The van der Waals surface area contributed by atoms with E-state index in [0.29, 0.717) is 23.5 Å². The van der Waals surface area contributed by atoms with Crippen molar-refractivity contribution in [3.8, 4) is 5.75 Å². The molecule has 0 aliphatic heterocycles. The Balaban J connectivity index is 1.65. The van der Waals surface area contributed by atoms with Gasteiger partial charge in [-0.25, -0.2) is 8.42 Å². The van der Waals surface area contributed by atoms with Crippen LogP contribution in [0.4, 0.5) is 5.69 Å². The van der Waals surface area contributed by atoms with Crippen LogP contribution in [0.2, 0.25) is 0 Å². The predicted molar refractivity (Wildman–Crippen MR) is 137 cm³/mol. The second-order valence-electron chi connectivity index (χ2n) is 8.65. The molecule has 0 saturated carbocycles. The number of nitrogens with zero attached hydrogens (tertiary/aromatic N) is 1. The van der Waals surface area contributed by atoms with Crippen molar-refractivity contribution < 1.29 is 17.9 Å². The maximum absolute atomic E-state index is 12.6. The molecular weight excluding hydrogens is 448 g/mol. The van der Waals surface area contributed by atoms with Gasteiger partial charge in [0.2, 0.25) is 10.0 Å². The van der Waals surface area contributed by atoms with Gasteiger partial charge in [-0.05, 0) is 67.3 Å². The van der Waals surface area contributed by atoms with Crippen LogP contribution < -0.4 is 14.4 Å². The third-order valence-corrected chi connectivity index (χ3v) is 6.52. The van der Waals surface area contributed by atoms with Crippen molar-refractivity contribution in [1.29, 1.82) is 0 Å². The monoisotopic (exact) mass is 480 g/mol. The molecule has 1 amide bonds. The van der Waals surface area contributed by atoms with Gasteiger partial charge in [0.05, 0.1) is 24.6 Å². The Morgan fingerprint density at radius 3 is 2.09 bits per heavy atom. The van der Waals surface area contributed by atoms with Gasteiger partial charge in [-0.2, -0.15) is 0 Å². The first-order valence-electron chi connectivity index (χ1n) is 11.3. The molecular formula is C27H32N2O4S. The fourth-order valence-corrected chi connectivity index (χ4v) is 4.43. The topological polar surface area (TPSA) is 75.7 Å². The van der Waals surface area contributed by atoms with Gasteiger partial charge in [0.25, 0.3) is 5.91 Å². The van der Waals surface area contributed by atoms with Crippen LogP contribution in [0.1, 0.15) is 48.2 Å². The lowest BCUT2D eigenvalue weighted by Gasteiger charge is -2.23. The molecule has 6 nitrogen and oxygen atoms in total. The highest BCUT2D eigenvalue weighted by Crippen LogP contribution is 2.24. The molecule has 0 heterocycles. The molecule has 0 radical (unpaired) electrons. The molecule has 1 atom stereocenters. The van der Waals surface area contributed by atoms with Crippen LogP contribution in [-0.2, 0) is 16.6 Å². The summed E-state index contributed by atoms with van der Waals surface area (Å²) in [5.74, 6) is 0.726. The molecule has 7 heteroatoms. The highest BCUT2D eigenvalue weighted by Gasteiger charge is 2.18. The smallest absolute Gasteiger partial charge is 0.251 e. The predicted octanol–water partition coefficient (Wildman–Crippen LogP) is 4.97. The van der Waals surface area contributed by atoms with E-state index in [1.165, 1.54) is 16.1 Å². The van der Waals surface area contributed by atoms with Crippen LogP contribution in [0.3, 0.4) is 0 Å². The Bertz CT molecular complexity index is 1180. The Kier molecular flexibility index (Phi) is 8.34. The van der Waals surface area contributed by atoms with Crippen molar-refractivity contribution in [1.82, 2.24) is 5.32 Å². The van der Waals surface area contributed by atoms with E-state index in [1.807, 2.05) is 44.2 Å². The molecule has 1 unspecified atom stereocenters. The van der Waals surface area contributed by atoms with E-state index >= 15 is 0 Å². The van der Waals surface area contributed by atoms with E-state index in [1.54, 1.807) is 48.5 Å². The van der Waals surface area contributed by atoms with E-state index in [-0.39, 0.29) is 24.5 Å². The van der Waals surface area contributed by atoms with Crippen LogP contribution in [-0.4, -0.2) is 33.2 Å². The third-order valence-electron chi connectivity index (χ3n) is 5.38. The minimum Gasteiger partial charge on any atom is -0.491 e. The van der Waals surface area contributed by atoms with Crippen LogP contribution in [0.5, 0.6) is 5.75 Å². The Labute approximate surface area is 202 Å². The Morgan fingerprint density at radius 1 is 0.912 bits per heavy atom. The maximum Gasteiger partial charge on any atom is 0.251 e. The van der Waals surface area contributed by atoms with Gasteiger partial charge in [0.15, 0.2) is 0 Å². The second-order valence-corrected chi connectivity index (χ2v) is 10.6. The Morgan fingerprint density at radius 2 is 1.53 bits per heavy atom. The molecule has 0 spiro atoms. The van der Waals surface area contributed by atoms with Crippen LogP contribution in [0, 0.1) is 0 Å². The van der Waals surface area contributed by atoms with Crippen LogP contribution in [0.25, 0.3) is 0 Å². The number of hydrogen-bond acceptors (Lipinski definition) is 4. The van der Waals surface area contributed by atoms with Gasteiger partial charge in [-0.3, -0.25) is 9.10 Å². The summed E-state index contributed by atoms with van der Waals surface area (Å²) in [7, 11) is -3.51. The maximum atomic E-state index is 12.6. The zero-order chi connectivity index (χ0) is 24.7. The standard InChI is InChI=1S/C27H32N2O4S/c1-20(2)33-26-16-14-25(15-17-26)29(34(4,31)32)19-22-10-12-24(13-11-22)27(30)28-18-21(3)23-8-6-5-7-9-23/h5-17,20-21H,18-19H2,1-4H3,(H,28,30). The van der Waals surface area contributed by atoms with Crippen molar-refractivity contribution in [2.45, 2.75) is 39.3 Å². The van der Waals surface area contributed by atoms with Crippen LogP contribution in [0.15, 0.2) is 78.9 Å². The van der Waals surface area contributed by atoms with Crippen molar-refractivity contribution >= 4 is 21.6 Å². The lowest BCUT2D eigenvalue weighted by molar-refractivity contribution is 0.0951. The summed E-state index contributed by atoms with van der Waals surface area (Å²) in [6.07, 6.45) is 1.22. The molecule has 0 bridgehead atoms. The van der Waals surface area contributed by atoms with Crippen molar-refractivity contribution in [3.63, 3.8) is 0 Å². The lowest BCUT2D eigenvalue weighted by atomic mass is 10.0. The summed E-state index contributed by atoms with van der Waals surface area (Å²) < 4.78 is 31.9. The van der Waals surface area contributed by atoms with Crippen LogP contribution >= 0.6 is 0 Å². The molecule has 1 N–H and O–H groups in total. The van der Waals surface area contributed by atoms with Gasteiger partial charge < -0.3 is 10.1 Å². The fraction of sp³-hybridized carbons (Fsp3) is 0.296. The minimum absolute atomic E-state index is 0.0362. The van der Waals surface area contributed by atoms with Gasteiger partial charge in [-0.1, -0.05) is 49.4 Å². The molecule has 180 valence electrons. The van der Waals surface area contributed by atoms with Crippen molar-refractivity contribution in [3.05, 3.63) is 95.6 Å². The number of carbonyl (C=O) groups is 1. The summed E-state index contributed by atoms with van der Waals surface area (Å²) in [5.41, 5.74) is 3.03. The number of ether oxygens (including phenoxy) is 1. The largest absolute Gasteiger partial charge is 0.491 e. The number of hydrogen-bond donors (Lipinski definition) is 1. The molecule has 3 aromatic carbocycles. The quantitative estimate of drug-likeness (QED) is 0.444. The van der Waals surface area contributed by atoms with Crippen molar-refractivity contribution in [2.24, 2.45) is 0 Å². The molecule has 0 aliphatic rings. The minimum atomic E-state index is -3.51. The number of amides is 1. The number of sulfonamides is 1. The summed E-state index contributed by atoms with van der Waals surface area (Å²) >= 11 is 0. The highest BCUT2D eigenvalue weighted by molar-refractivity contribution is 7.92. The second kappa shape index (κ2) is 11.2. The molecule has 34 heavy (non-hydrogen) atoms. The molecule has 0 aliphatic carbocycles. The number of carbonyl (C=O) groups excluding carboxylic acids is 1. The van der Waals surface area contributed by atoms with E-state index in [0.717, 1.165) is 5.56 Å². The molecule has 3 aromatic rings. The first-order valence-corrected chi connectivity index (χ1v) is 13.1. The molecule has 0 fully saturated rings. The summed E-state index contributed by atoms with van der Waals surface area (Å²) in [5, 5.41) is 2.97. The fourth-order valence-electron chi connectivity index (χ4n) is 3.54. The molecule has 3 rings (SSSR count). The first kappa shape index (κ1) is 25.3. The first-order chi connectivity index (χ1) is 16.1. The van der Waals surface area contributed by atoms with E-state index in [9.17, 15) is 13.2 Å². The average molecular weight is 481 g/mol. The average Bonchev–Trinajstić information content (AvgIpc) is 2.81. The van der Waals surface area contributed by atoms with E-state index in [4.69, 9.17) is 4.74 Å². The van der Waals surface area contributed by atoms with E-state index < -0.39 is 10.0 Å². The molecule has 0 saturated heterocycles. The SMILES string of the molecule is CC(C)Oc1ccc(N(Cc2ccc(C(=O)NCC(C)c3ccccc3)cc2)S(C)(=O)=O)cc1. The number of benzene rings is 3. The highest BCUT2D eigenvalue weighted by atomic mass is 32.2.